The first-order valence-corrected chi connectivity index (χ1v) is 7.26. The summed E-state index contributed by atoms with van der Waals surface area (Å²) in [5.41, 5.74) is 2.95. The molecule has 0 amide bonds. The van der Waals surface area contributed by atoms with Crippen LogP contribution < -0.4 is 5.32 Å². The first-order valence-electron chi connectivity index (χ1n) is 7.26. The van der Waals surface area contributed by atoms with Crippen LogP contribution in [0.25, 0.3) is 11.3 Å². The summed E-state index contributed by atoms with van der Waals surface area (Å²) in [5, 5.41) is 15.3. The van der Waals surface area contributed by atoms with Crippen LogP contribution in [-0.2, 0) is 7.05 Å². The monoisotopic (exact) mass is 312 g/mol. The molecule has 0 fully saturated rings. The smallest absolute Gasteiger partial charge is 0.243 e. The van der Waals surface area contributed by atoms with Gasteiger partial charge < -0.3 is 5.32 Å². The van der Waals surface area contributed by atoms with Crippen LogP contribution in [0, 0.1) is 12.7 Å². The maximum absolute atomic E-state index is 13.9. The Morgan fingerprint density at radius 1 is 1.22 bits per heavy atom. The van der Waals surface area contributed by atoms with Crippen LogP contribution in [0.3, 0.4) is 0 Å². The summed E-state index contributed by atoms with van der Waals surface area (Å²) in [6, 6.07) is 6.42. The minimum Gasteiger partial charge on any atom is -0.346 e. The Morgan fingerprint density at radius 3 is 2.70 bits per heavy atom. The third-order valence-electron chi connectivity index (χ3n) is 3.79. The number of aryl methyl sites for hydroxylation is 1. The van der Waals surface area contributed by atoms with Crippen molar-refractivity contribution in [2.75, 3.05) is 5.32 Å². The maximum atomic E-state index is 13.9. The summed E-state index contributed by atoms with van der Waals surface area (Å²) in [4.78, 5) is 4.35. The highest BCUT2D eigenvalue weighted by molar-refractivity contribution is 5.59. The number of aromatic nitrogens is 5. The van der Waals surface area contributed by atoms with Crippen LogP contribution in [0.1, 0.15) is 24.2 Å². The van der Waals surface area contributed by atoms with E-state index >= 15 is 0 Å². The van der Waals surface area contributed by atoms with Crippen LogP contribution in [-0.4, -0.2) is 25.0 Å². The molecule has 1 aromatic carbocycles. The van der Waals surface area contributed by atoms with E-state index in [-0.39, 0.29) is 11.9 Å². The molecule has 0 radical (unpaired) electrons. The molecule has 2 aromatic heterocycles. The van der Waals surface area contributed by atoms with Crippen LogP contribution in [0.5, 0.6) is 0 Å². The zero-order valence-corrected chi connectivity index (χ0v) is 13.2. The molecule has 1 N–H and O–H groups in total. The predicted octanol–water partition coefficient (Wildman–Crippen LogP) is 2.89. The van der Waals surface area contributed by atoms with Crippen LogP contribution in [0.2, 0.25) is 0 Å². The highest BCUT2D eigenvalue weighted by atomic mass is 19.1. The number of anilines is 1. The van der Waals surface area contributed by atoms with E-state index < -0.39 is 0 Å². The fourth-order valence-electron chi connectivity index (χ4n) is 2.38. The van der Waals surface area contributed by atoms with Gasteiger partial charge in [-0.3, -0.25) is 4.68 Å². The molecule has 0 saturated carbocycles. The van der Waals surface area contributed by atoms with Crippen molar-refractivity contribution in [2.45, 2.75) is 19.9 Å². The van der Waals surface area contributed by atoms with E-state index in [0.29, 0.717) is 17.2 Å². The van der Waals surface area contributed by atoms with Crippen molar-refractivity contribution < 1.29 is 4.39 Å². The number of halogens is 1. The first-order chi connectivity index (χ1) is 11.1. The Kier molecular flexibility index (Phi) is 4.01. The third-order valence-corrected chi connectivity index (χ3v) is 3.79. The van der Waals surface area contributed by atoms with E-state index in [1.165, 1.54) is 12.3 Å². The molecule has 6 nitrogen and oxygen atoms in total. The molecule has 0 bridgehead atoms. The highest BCUT2D eigenvalue weighted by Gasteiger charge is 2.14. The first kappa shape index (κ1) is 15.1. The van der Waals surface area contributed by atoms with E-state index in [9.17, 15) is 4.39 Å². The van der Waals surface area contributed by atoms with Crippen molar-refractivity contribution in [3.05, 3.63) is 53.7 Å². The van der Waals surface area contributed by atoms with Gasteiger partial charge >= 0.3 is 0 Å². The Labute approximate surface area is 133 Å². The lowest BCUT2D eigenvalue weighted by Crippen LogP contribution is -2.11. The molecule has 0 spiro atoms. The predicted molar refractivity (Wildman–Crippen MR) is 85.2 cm³/mol. The van der Waals surface area contributed by atoms with Crippen molar-refractivity contribution in [3.63, 3.8) is 0 Å². The van der Waals surface area contributed by atoms with Gasteiger partial charge in [-0.05, 0) is 26.0 Å². The van der Waals surface area contributed by atoms with Gasteiger partial charge in [-0.15, -0.1) is 5.10 Å². The molecule has 3 aromatic rings. The third kappa shape index (κ3) is 3.03. The molecule has 118 valence electrons. The van der Waals surface area contributed by atoms with Gasteiger partial charge in [-0.25, -0.2) is 9.37 Å². The van der Waals surface area contributed by atoms with Crippen molar-refractivity contribution in [1.29, 1.82) is 0 Å². The van der Waals surface area contributed by atoms with E-state index in [2.05, 4.69) is 25.6 Å². The van der Waals surface area contributed by atoms with Crippen molar-refractivity contribution in [3.8, 4) is 11.3 Å². The summed E-state index contributed by atoms with van der Waals surface area (Å²) in [5.74, 6) is 0.0107. The Bertz CT molecular complexity index is 829. The standard InChI is InChI=1S/C16H17FN6/c1-10(13-8-19-23(3)11(13)2)20-16-21-15(9-18-22-16)12-6-4-5-7-14(12)17/h4-10H,1-3H3,(H,20,21,22)/t10-/m0/s1. The summed E-state index contributed by atoms with van der Waals surface area (Å²) in [7, 11) is 1.89. The molecule has 0 aliphatic heterocycles. The molecule has 3 rings (SSSR count). The van der Waals surface area contributed by atoms with Crippen molar-refractivity contribution in [2.24, 2.45) is 7.05 Å². The number of nitrogens with one attached hydrogen (secondary N) is 1. The van der Waals surface area contributed by atoms with Gasteiger partial charge in [-0.1, -0.05) is 12.1 Å². The van der Waals surface area contributed by atoms with Crippen LogP contribution in [0.4, 0.5) is 10.3 Å². The molecule has 2 heterocycles. The van der Waals surface area contributed by atoms with E-state index in [4.69, 9.17) is 0 Å². The molecule has 0 unspecified atom stereocenters. The number of hydrogen-bond acceptors (Lipinski definition) is 5. The van der Waals surface area contributed by atoms with Gasteiger partial charge in [0, 0.05) is 23.9 Å². The highest BCUT2D eigenvalue weighted by Crippen LogP contribution is 2.22. The van der Waals surface area contributed by atoms with Crippen LogP contribution in [0.15, 0.2) is 36.7 Å². The lowest BCUT2D eigenvalue weighted by molar-refractivity contribution is 0.630. The molecular weight excluding hydrogens is 295 g/mol. The van der Waals surface area contributed by atoms with Gasteiger partial charge in [0.05, 0.1) is 24.1 Å². The normalized spacial score (nSPS) is 12.2. The maximum Gasteiger partial charge on any atom is 0.243 e. The number of hydrogen-bond donors (Lipinski definition) is 1. The van der Waals surface area contributed by atoms with Crippen molar-refractivity contribution in [1.82, 2.24) is 25.0 Å². The average Bonchev–Trinajstić information content (AvgIpc) is 2.88. The second-order valence-electron chi connectivity index (χ2n) is 5.32. The fourth-order valence-corrected chi connectivity index (χ4v) is 2.38. The zero-order valence-electron chi connectivity index (χ0n) is 13.2. The van der Waals surface area contributed by atoms with E-state index in [1.807, 2.05) is 25.6 Å². The summed E-state index contributed by atoms with van der Waals surface area (Å²) >= 11 is 0. The fraction of sp³-hybridized carbons (Fsp3) is 0.250. The summed E-state index contributed by atoms with van der Waals surface area (Å²) in [6.07, 6.45) is 3.25. The van der Waals surface area contributed by atoms with Gasteiger partial charge in [0.1, 0.15) is 5.82 Å². The lowest BCUT2D eigenvalue weighted by Gasteiger charge is -2.13. The van der Waals surface area contributed by atoms with Gasteiger partial charge in [0.25, 0.3) is 0 Å². The summed E-state index contributed by atoms with van der Waals surface area (Å²) < 4.78 is 15.7. The van der Waals surface area contributed by atoms with Crippen LogP contribution >= 0.6 is 0 Å². The SMILES string of the molecule is Cc1c([C@H](C)Nc2nncc(-c3ccccc3F)n2)cnn1C. The number of benzene rings is 1. The quantitative estimate of drug-likeness (QED) is 0.802. The van der Waals surface area contributed by atoms with Gasteiger partial charge in [0.2, 0.25) is 5.95 Å². The number of rotatable bonds is 4. The van der Waals surface area contributed by atoms with Gasteiger partial charge in [0.15, 0.2) is 0 Å². The molecule has 0 saturated heterocycles. The van der Waals surface area contributed by atoms with E-state index in [1.54, 1.807) is 24.4 Å². The molecule has 1 atom stereocenters. The Morgan fingerprint density at radius 2 is 2.00 bits per heavy atom. The van der Waals surface area contributed by atoms with Gasteiger partial charge in [-0.2, -0.15) is 10.2 Å². The second kappa shape index (κ2) is 6.12. The molecule has 0 aliphatic carbocycles. The minimum atomic E-state index is -0.338. The molecular formula is C16H17FN6. The Hall–Kier alpha value is -2.83. The van der Waals surface area contributed by atoms with Crippen molar-refractivity contribution >= 4 is 5.95 Å². The number of nitrogens with zero attached hydrogens (tertiary/aromatic N) is 5. The average molecular weight is 312 g/mol. The molecule has 0 aliphatic rings. The molecule has 23 heavy (non-hydrogen) atoms. The van der Waals surface area contributed by atoms with E-state index in [0.717, 1.165) is 11.3 Å². The largest absolute Gasteiger partial charge is 0.346 e. The molecule has 7 heteroatoms. The minimum absolute atomic E-state index is 0.0404. The lowest BCUT2D eigenvalue weighted by atomic mass is 10.1. The second-order valence-corrected chi connectivity index (χ2v) is 5.32. The topological polar surface area (TPSA) is 68.5 Å². The zero-order chi connectivity index (χ0) is 16.4. The Balaban J connectivity index is 1.86. The summed E-state index contributed by atoms with van der Waals surface area (Å²) in [6.45, 7) is 3.98.